The van der Waals surface area contributed by atoms with Gasteiger partial charge in [-0.3, -0.25) is 0 Å². The van der Waals surface area contributed by atoms with Gasteiger partial charge in [-0.2, -0.15) is 0 Å². The minimum atomic E-state index is -0.600. The highest BCUT2D eigenvalue weighted by molar-refractivity contribution is 7.25. The standard InChI is InChI=1S/C10H9FO2S2/c1-4-6-7(11)9(10(12)13-3)15-8(6)5(2)14-4/h1-3H3. The van der Waals surface area contributed by atoms with Crippen molar-refractivity contribution < 1.29 is 13.9 Å². The van der Waals surface area contributed by atoms with Crippen molar-refractivity contribution >= 4 is 38.7 Å². The van der Waals surface area contributed by atoms with Crippen LogP contribution in [0.25, 0.3) is 10.1 Å². The lowest BCUT2D eigenvalue weighted by atomic mass is 10.3. The summed E-state index contributed by atoms with van der Waals surface area (Å²) < 4.78 is 19.2. The van der Waals surface area contributed by atoms with Crippen molar-refractivity contribution in [2.75, 3.05) is 7.11 Å². The van der Waals surface area contributed by atoms with Gasteiger partial charge in [-0.1, -0.05) is 0 Å². The van der Waals surface area contributed by atoms with Crippen LogP contribution in [0, 0.1) is 19.7 Å². The molecule has 2 rings (SSSR count). The van der Waals surface area contributed by atoms with Gasteiger partial charge in [0.25, 0.3) is 0 Å². The number of ether oxygens (including phenoxy) is 1. The summed E-state index contributed by atoms with van der Waals surface area (Å²) in [5.41, 5.74) is 0. The molecule has 15 heavy (non-hydrogen) atoms. The minimum absolute atomic E-state index is 0.0708. The van der Waals surface area contributed by atoms with Crippen LogP contribution in [0.4, 0.5) is 4.39 Å². The van der Waals surface area contributed by atoms with E-state index in [1.807, 2.05) is 13.8 Å². The number of hydrogen-bond donors (Lipinski definition) is 0. The predicted octanol–water partition coefficient (Wildman–Crippen LogP) is 3.51. The first-order valence-electron chi connectivity index (χ1n) is 4.32. The van der Waals surface area contributed by atoms with E-state index in [0.29, 0.717) is 5.39 Å². The molecular formula is C10H9FO2S2. The van der Waals surface area contributed by atoms with Gasteiger partial charge < -0.3 is 4.74 Å². The van der Waals surface area contributed by atoms with E-state index in [4.69, 9.17) is 0 Å². The van der Waals surface area contributed by atoms with Gasteiger partial charge in [0, 0.05) is 15.1 Å². The fraction of sp³-hybridized carbons (Fsp3) is 0.300. The average molecular weight is 244 g/mol. The number of methoxy groups -OCH3 is 1. The molecule has 0 fully saturated rings. The summed E-state index contributed by atoms with van der Waals surface area (Å²) in [6.45, 7) is 3.79. The van der Waals surface area contributed by atoms with Crippen molar-refractivity contribution in [1.82, 2.24) is 0 Å². The number of aryl methyl sites for hydroxylation is 2. The van der Waals surface area contributed by atoms with Gasteiger partial charge in [-0.05, 0) is 13.8 Å². The number of halogens is 1. The Bertz CT molecular complexity index is 539. The maximum absolute atomic E-state index is 13.9. The summed E-state index contributed by atoms with van der Waals surface area (Å²) in [5, 5.41) is 0.572. The molecule has 0 N–H and O–H groups in total. The van der Waals surface area contributed by atoms with Gasteiger partial charge in [0.2, 0.25) is 0 Å². The third kappa shape index (κ3) is 1.46. The van der Waals surface area contributed by atoms with Crippen molar-refractivity contribution in [2.45, 2.75) is 13.8 Å². The molecule has 0 saturated heterocycles. The Labute approximate surface area is 94.3 Å². The van der Waals surface area contributed by atoms with Crippen molar-refractivity contribution in [1.29, 1.82) is 0 Å². The zero-order valence-electron chi connectivity index (χ0n) is 8.51. The Balaban J connectivity index is 2.75. The van der Waals surface area contributed by atoms with Crippen LogP contribution in [0.2, 0.25) is 0 Å². The first-order valence-corrected chi connectivity index (χ1v) is 5.95. The zero-order chi connectivity index (χ0) is 11.2. The highest BCUT2D eigenvalue weighted by atomic mass is 32.1. The normalized spacial score (nSPS) is 10.9. The quantitative estimate of drug-likeness (QED) is 0.718. The molecule has 2 nitrogen and oxygen atoms in total. The molecule has 0 bridgehead atoms. The van der Waals surface area contributed by atoms with Gasteiger partial charge >= 0.3 is 5.97 Å². The van der Waals surface area contributed by atoms with E-state index >= 15 is 0 Å². The van der Waals surface area contributed by atoms with Crippen LogP contribution in [0.3, 0.4) is 0 Å². The molecule has 2 aromatic rings. The second-order valence-electron chi connectivity index (χ2n) is 3.16. The zero-order valence-corrected chi connectivity index (χ0v) is 10.1. The average Bonchev–Trinajstić information content (AvgIpc) is 2.67. The molecule has 0 aromatic carbocycles. The molecule has 80 valence electrons. The van der Waals surface area contributed by atoms with Crippen molar-refractivity contribution in [2.24, 2.45) is 0 Å². The number of carbonyl (C=O) groups excluding carboxylic acids is 1. The molecule has 0 unspecified atom stereocenters. The lowest BCUT2D eigenvalue weighted by Gasteiger charge is -1.94. The van der Waals surface area contributed by atoms with Crippen molar-refractivity contribution in [3.63, 3.8) is 0 Å². The fourth-order valence-electron chi connectivity index (χ4n) is 1.52. The molecule has 0 atom stereocenters. The van der Waals surface area contributed by atoms with Crippen molar-refractivity contribution in [3.8, 4) is 0 Å². The summed E-state index contributed by atoms with van der Waals surface area (Å²) in [4.78, 5) is 13.3. The second kappa shape index (κ2) is 3.57. The van der Waals surface area contributed by atoms with Crippen LogP contribution < -0.4 is 0 Å². The molecular weight excluding hydrogens is 235 g/mol. The number of carbonyl (C=O) groups is 1. The maximum atomic E-state index is 13.9. The van der Waals surface area contributed by atoms with E-state index in [1.165, 1.54) is 7.11 Å². The van der Waals surface area contributed by atoms with Crippen LogP contribution in [0.15, 0.2) is 0 Å². The van der Waals surface area contributed by atoms with Crippen LogP contribution in [-0.2, 0) is 4.74 Å². The third-order valence-corrected chi connectivity index (χ3v) is 4.61. The number of esters is 1. The van der Waals surface area contributed by atoms with Gasteiger partial charge in [-0.25, -0.2) is 9.18 Å². The van der Waals surface area contributed by atoms with E-state index in [2.05, 4.69) is 4.74 Å². The van der Waals surface area contributed by atoms with Gasteiger partial charge in [0.1, 0.15) is 4.88 Å². The number of hydrogen-bond acceptors (Lipinski definition) is 4. The van der Waals surface area contributed by atoms with Crippen molar-refractivity contribution in [3.05, 3.63) is 20.4 Å². The van der Waals surface area contributed by atoms with Gasteiger partial charge in [0.05, 0.1) is 11.8 Å². The lowest BCUT2D eigenvalue weighted by Crippen LogP contribution is -2.00. The molecule has 0 saturated carbocycles. The summed E-state index contributed by atoms with van der Waals surface area (Å²) in [6, 6.07) is 0. The molecule has 0 spiro atoms. The largest absolute Gasteiger partial charge is 0.465 e. The molecule has 0 radical (unpaired) electrons. The smallest absolute Gasteiger partial charge is 0.351 e. The van der Waals surface area contributed by atoms with Gasteiger partial charge in [0.15, 0.2) is 5.82 Å². The lowest BCUT2D eigenvalue weighted by molar-refractivity contribution is 0.0602. The topological polar surface area (TPSA) is 26.3 Å². The van der Waals surface area contributed by atoms with Crippen LogP contribution in [-0.4, -0.2) is 13.1 Å². The Kier molecular flexibility index (Phi) is 2.52. The van der Waals surface area contributed by atoms with Crippen LogP contribution in [0.5, 0.6) is 0 Å². The van der Waals surface area contributed by atoms with E-state index in [0.717, 1.165) is 25.8 Å². The maximum Gasteiger partial charge on any atom is 0.351 e. The first-order chi connectivity index (χ1) is 7.06. The Hall–Kier alpha value is -0.940. The van der Waals surface area contributed by atoms with E-state index in [9.17, 15) is 9.18 Å². The van der Waals surface area contributed by atoms with Crippen LogP contribution >= 0.6 is 22.7 Å². The second-order valence-corrected chi connectivity index (χ2v) is 5.60. The first kappa shape index (κ1) is 10.6. The highest BCUT2D eigenvalue weighted by Crippen LogP contribution is 2.39. The summed E-state index contributed by atoms with van der Waals surface area (Å²) in [7, 11) is 1.26. The summed E-state index contributed by atoms with van der Waals surface area (Å²) in [6.07, 6.45) is 0. The van der Waals surface area contributed by atoms with E-state index in [1.54, 1.807) is 11.3 Å². The van der Waals surface area contributed by atoms with Crippen LogP contribution in [0.1, 0.15) is 19.4 Å². The molecule has 0 amide bonds. The Morgan fingerprint density at radius 2 is 1.93 bits per heavy atom. The highest BCUT2D eigenvalue weighted by Gasteiger charge is 2.22. The Morgan fingerprint density at radius 1 is 1.27 bits per heavy atom. The molecule has 0 aliphatic carbocycles. The third-order valence-electron chi connectivity index (χ3n) is 2.20. The monoisotopic (exact) mass is 244 g/mol. The number of rotatable bonds is 1. The minimum Gasteiger partial charge on any atom is -0.465 e. The molecule has 0 aliphatic rings. The Morgan fingerprint density at radius 3 is 2.47 bits per heavy atom. The molecule has 5 heteroatoms. The molecule has 2 aromatic heterocycles. The molecule has 2 heterocycles. The predicted molar refractivity (Wildman–Crippen MR) is 60.5 cm³/mol. The SMILES string of the molecule is COC(=O)c1sc2c(C)sc(C)c2c1F. The summed E-state index contributed by atoms with van der Waals surface area (Å²) in [5.74, 6) is -1.04. The summed E-state index contributed by atoms with van der Waals surface area (Å²) >= 11 is 2.71. The number of thiophene rings is 2. The van der Waals surface area contributed by atoms with E-state index < -0.39 is 11.8 Å². The number of fused-ring (bicyclic) bond motifs is 1. The fourth-order valence-corrected chi connectivity index (χ4v) is 3.84. The van der Waals surface area contributed by atoms with E-state index in [-0.39, 0.29) is 4.88 Å². The van der Waals surface area contributed by atoms with Gasteiger partial charge in [-0.15, -0.1) is 22.7 Å². The molecule has 0 aliphatic heterocycles.